The molecule has 0 amide bonds. The smallest absolute Gasteiger partial charge is 0.147 e. The standard InChI is InChI=1S/C16H23N3S/c1-4-17-11-5-6-15-18-19-16(20-15)14-9-7-13(8-10-14)12(2)3/h7-10,12,17H,4-6,11H2,1-3H3. The minimum Gasteiger partial charge on any atom is -0.317 e. The zero-order chi connectivity index (χ0) is 14.4. The van der Waals surface area contributed by atoms with Crippen LogP contribution < -0.4 is 5.32 Å². The molecule has 0 unspecified atom stereocenters. The summed E-state index contributed by atoms with van der Waals surface area (Å²) in [5, 5.41) is 14.1. The van der Waals surface area contributed by atoms with Crippen LogP contribution in [0.25, 0.3) is 10.6 Å². The van der Waals surface area contributed by atoms with Crippen molar-refractivity contribution in [1.29, 1.82) is 0 Å². The number of aromatic nitrogens is 2. The van der Waals surface area contributed by atoms with Crippen LogP contribution in [0.15, 0.2) is 24.3 Å². The Balaban J connectivity index is 1.97. The van der Waals surface area contributed by atoms with Crippen molar-refractivity contribution in [2.24, 2.45) is 0 Å². The molecule has 0 bridgehead atoms. The second-order valence-electron chi connectivity index (χ2n) is 5.23. The molecule has 0 aliphatic heterocycles. The van der Waals surface area contributed by atoms with Gasteiger partial charge in [-0.15, -0.1) is 10.2 Å². The fraction of sp³-hybridized carbons (Fsp3) is 0.500. The van der Waals surface area contributed by atoms with Gasteiger partial charge in [-0.25, -0.2) is 0 Å². The van der Waals surface area contributed by atoms with Gasteiger partial charge in [0.1, 0.15) is 10.0 Å². The van der Waals surface area contributed by atoms with E-state index < -0.39 is 0 Å². The van der Waals surface area contributed by atoms with Crippen LogP contribution >= 0.6 is 11.3 Å². The van der Waals surface area contributed by atoms with E-state index in [1.807, 2.05) is 0 Å². The van der Waals surface area contributed by atoms with Crippen molar-refractivity contribution in [3.8, 4) is 10.6 Å². The summed E-state index contributed by atoms with van der Waals surface area (Å²) in [6.07, 6.45) is 2.13. The highest BCUT2D eigenvalue weighted by molar-refractivity contribution is 7.14. The Morgan fingerprint density at radius 2 is 1.90 bits per heavy atom. The Morgan fingerprint density at radius 3 is 2.55 bits per heavy atom. The van der Waals surface area contributed by atoms with Crippen molar-refractivity contribution in [2.75, 3.05) is 13.1 Å². The summed E-state index contributed by atoms with van der Waals surface area (Å²) < 4.78 is 0. The Bertz CT molecular complexity index is 517. The molecule has 1 aromatic heterocycles. The summed E-state index contributed by atoms with van der Waals surface area (Å²) >= 11 is 1.71. The lowest BCUT2D eigenvalue weighted by Gasteiger charge is -2.04. The first kappa shape index (κ1) is 15.1. The molecule has 1 heterocycles. The van der Waals surface area contributed by atoms with E-state index in [0.717, 1.165) is 35.9 Å². The van der Waals surface area contributed by atoms with E-state index in [1.165, 1.54) is 11.1 Å². The van der Waals surface area contributed by atoms with Gasteiger partial charge in [-0.3, -0.25) is 0 Å². The number of hydrogen-bond acceptors (Lipinski definition) is 4. The topological polar surface area (TPSA) is 37.8 Å². The number of aryl methyl sites for hydroxylation is 1. The third-order valence-electron chi connectivity index (χ3n) is 3.29. The van der Waals surface area contributed by atoms with Crippen LogP contribution in [0.3, 0.4) is 0 Å². The molecule has 4 heteroatoms. The van der Waals surface area contributed by atoms with Crippen molar-refractivity contribution in [3.63, 3.8) is 0 Å². The molecule has 1 N–H and O–H groups in total. The average Bonchev–Trinajstić information content (AvgIpc) is 2.92. The average molecular weight is 289 g/mol. The summed E-state index contributed by atoms with van der Waals surface area (Å²) in [5.41, 5.74) is 2.54. The van der Waals surface area contributed by atoms with Gasteiger partial charge in [-0.1, -0.05) is 56.4 Å². The molecule has 108 valence electrons. The molecule has 0 aliphatic rings. The lowest BCUT2D eigenvalue weighted by atomic mass is 10.0. The summed E-state index contributed by atoms with van der Waals surface area (Å²) in [6.45, 7) is 8.63. The summed E-state index contributed by atoms with van der Waals surface area (Å²) in [6, 6.07) is 8.68. The van der Waals surface area contributed by atoms with Gasteiger partial charge < -0.3 is 5.32 Å². The quantitative estimate of drug-likeness (QED) is 0.786. The van der Waals surface area contributed by atoms with Crippen LogP contribution in [-0.2, 0) is 6.42 Å². The second kappa shape index (κ2) is 7.50. The molecule has 0 saturated carbocycles. The predicted molar refractivity (Wildman–Crippen MR) is 86.3 cm³/mol. The maximum Gasteiger partial charge on any atom is 0.147 e. The van der Waals surface area contributed by atoms with Crippen molar-refractivity contribution < 1.29 is 0 Å². The zero-order valence-electron chi connectivity index (χ0n) is 12.5. The van der Waals surface area contributed by atoms with Crippen LogP contribution in [0.1, 0.15) is 43.7 Å². The first-order chi connectivity index (χ1) is 9.70. The van der Waals surface area contributed by atoms with Crippen LogP contribution in [0.2, 0.25) is 0 Å². The van der Waals surface area contributed by atoms with Crippen LogP contribution in [-0.4, -0.2) is 23.3 Å². The maximum absolute atomic E-state index is 4.31. The minimum absolute atomic E-state index is 0.570. The number of nitrogens with zero attached hydrogens (tertiary/aromatic N) is 2. The van der Waals surface area contributed by atoms with Crippen molar-refractivity contribution >= 4 is 11.3 Å². The van der Waals surface area contributed by atoms with Gasteiger partial charge in [0.05, 0.1) is 0 Å². The van der Waals surface area contributed by atoms with Gasteiger partial charge in [-0.05, 0) is 31.0 Å². The third-order valence-corrected chi connectivity index (χ3v) is 4.32. The largest absolute Gasteiger partial charge is 0.317 e. The van der Waals surface area contributed by atoms with E-state index in [2.05, 4.69) is 60.6 Å². The third kappa shape index (κ3) is 4.12. The van der Waals surface area contributed by atoms with E-state index in [9.17, 15) is 0 Å². The van der Waals surface area contributed by atoms with Gasteiger partial charge in [0.2, 0.25) is 0 Å². The van der Waals surface area contributed by atoms with E-state index in [4.69, 9.17) is 0 Å². The fourth-order valence-corrected chi connectivity index (χ4v) is 2.91. The van der Waals surface area contributed by atoms with Crippen molar-refractivity contribution in [1.82, 2.24) is 15.5 Å². The Labute approximate surface area is 125 Å². The number of nitrogens with one attached hydrogen (secondary N) is 1. The summed E-state index contributed by atoms with van der Waals surface area (Å²) in [7, 11) is 0. The first-order valence-corrected chi connectivity index (χ1v) is 8.15. The number of benzene rings is 1. The summed E-state index contributed by atoms with van der Waals surface area (Å²) in [5.74, 6) is 0.570. The number of hydrogen-bond donors (Lipinski definition) is 1. The van der Waals surface area contributed by atoms with Crippen LogP contribution in [0, 0.1) is 0 Å². The molecular formula is C16H23N3S. The van der Waals surface area contributed by atoms with Crippen molar-refractivity contribution in [2.45, 2.75) is 39.5 Å². The zero-order valence-corrected chi connectivity index (χ0v) is 13.3. The minimum atomic E-state index is 0.570. The van der Waals surface area contributed by atoms with Crippen LogP contribution in [0.5, 0.6) is 0 Å². The number of rotatable bonds is 7. The molecule has 0 aliphatic carbocycles. The lowest BCUT2D eigenvalue weighted by Crippen LogP contribution is -2.14. The fourth-order valence-electron chi connectivity index (χ4n) is 2.02. The molecule has 0 atom stereocenters. The molecular weight excluding hydrogens is 266 g/mol. The predicted octanol–water partition coefficient (Wildman–Crippen LogP) is 3.87. The van der Waals surface area contributed by atoms with E-state index in [0.29, 0.717) is 5.92 Å². The highest BCUT2D eigenvalue weighted by atomic mass is 32.1. The molecule has 0 spiro atoms. The SMILES string of the molecule is CCNCCCc1nnc(-c2ccc(C(C)C)cc2)s1. The molecule has 0 saturated heterocycles. The van der Waals surface area contributed by atoms with Crippen LogP contribution in [0.4, 0.5) is 0 Å². The van der Waals surface area contributed by atoms with Crippen molar-refractivity contribution in [3.05, 3.63) is 34.8 Å². The van der Waals surface area contributed by atoms with Gasteiger partial charge >= 0.3 is 0 Å². The first-order valence-electron chi connectivity index (χ1n) is 7.34. The second-order valence-corrected chi connectivity index (χ2v) is 6.30. The van der Waals surface area contributed by atoms with Gasteiger partial charge in [-0.2, -0.15) is 0 Å². The molecule has 2 aromatic rings. The molecule has 0 fully saturated rings. The van der Waals surface area contributed by atoms with Gasteiger partial charge in [0.25, 0.3) is 0 Å². The highest BCUT2D eigenvalue weighted by Gasteiger charge is 2.07. The molecule has 0 radical (unpaired) electrons. The molecule has 1 aromatic carbocycles. The molecule has 20 heavy (non-hydrogen) atoms. The Morgan fingerprint density at radius 1 is 1.15 bits per heavy atom. The van der Waals surface area contributed by atoms with E-state index in [1.54, 1.807) is 11.3 Å². The van der Waals surface area contributed by atoms with Gasteiger partial charge in [0.15, 0.2) is 0 Å². The normalized spacial score (nSPS) is 11.2. The highest BCUT2D eigenvalue weighted by Crippen LogP contribution is 2.25. The summed E-state index contributed by atoms with van der Waals surface area (Å²) in [4.78, 5) is 0. The molecule has 2 rings (SSSR count). The van der Waals surface area contributed by atoms with Gasteiger partial charge in [0, 0.05) is 12.0 Å². The lowest BCUT2D eigenvalue weighted by molar-refractivity contribution is 0.669. The maximum atomic E-state index is 4.31. The molecule has 3 nitrogen and oxygen atoms in total. The van der Waals surface area contributed by atoms with E-state index in [-0.39, 0.29) is 0 Å². The van der Waals surface area contributed by atoms with E-state index >= 15 is 0 Å². The Kier molecular flexibility index (Phi) is 5.68. The monoisotopic (exact) mass is 289 g/mol. The Hall–Kier alpha value is -1.26.